The monoisotopic (exact) mass is 535 g/mol. The minimum Gasteiger partial charge on any atom is -0.450 e. The first kappa shape index (κ1) is 27.0. The Hall–Kier alpha value is -3.56. The average Bonchev–Trinajstić information content (AvgIpc) is 3.42. The van der Waals surface area contributed by atoms with Crippen molar-refractivity contribution in [2.45, 2.75) is 62.6 Å². The van der Waals surface area contributed by atoms with Gasteiger partial charge in [0.1, 0.15) is 11.9 Å². The second-order valence-corrected chi connectivity index (χ2v) is 10.6. The lowest BCUT2D eigenvalue weighted by Gasteiger charge is -2.35. The lowest BCUT2D eigenvalue weighted by atomic mass is 9.69. The van der Waals surface area contributed by atoms with Crippen molar-refractivity contribution in [1.29, 1.82) is 0 Å². The van der Waals surface area contributed by atoms with E-state index in [-0.39, 0.29) is 17.3 Å². The number of nitrogens with zero attached hydrogens (tertiary/aromatic N) is 3. The highest BCUT2D eigenvalue weighted by atomic mass is 19.1. The van der Waals surface area contributed by atoms with E-state index in [0.29, 0.717) is 31.2 Å². The van der Waals surface area contributed by atoms with Crippen molar-refractivity contribution in [2.24, 2.45) is 0 Å². The summed E-state index contributed by atoms with van der Waals surface area (Å²) < 4.78 is 23.9. The van der Waals surface area contributed by atoms with Crippen LogP contribution < -0.4 is 0 Å². The van der Waals surface area contributed by atoms with E-state index >= 15 is 0 Å². The van der Waals surface area contributed by atoms with Crippen LogP contribution in [0, 0.1) is 5.82 Å². The molecule has 1 saturated carbocycles. The predicted molar refractivity (Wildman–Crippen MR) is 143 cm³/mol. The summed E-state index contributed by atoms with van der Waals surface area (Å²) >= 11 is 0. The summed E-state index contributed by atoms with van der Waals surface area (Å²) in [5.74, 6) is 0.628. The number of halogens is 1. The second-order valence-electron chi connectivity index (χ2n) is 10.6. The second kappa shape index (κ2) is 12.1. The van der Waals surface area contributed by atoms with Crippen LogP contribution in [-0.4, -0.2) is 57.1 Å². The molecule has 2 heterocycles. The third-order valence-corrected chi connectivity index (χ3v) is 7.87. The number of carbonyl (C=O) groups is 1. The van der Waals surface area contributed by atoms with Crippen LogP contribution in [0.3, 0.4) is 0 Å². The minimum absolute atomic E-state index is 0.174. The van der Waals surface area contributed by atoms with Crippen LogP contribution in [0.25, 0.3) is 17.5 Å². The molecule has 1 aliphatic carbocycles. The highest BCUT2D eigenvalue weighted by molar-refractivity contribution is 5.57. The van der Waals surface area contributed by atoms with E-state index in [1.807, 2.05) is 47.4 Å². The lowest BCUT2D eigenvalue weighted by Crippen LogP contribution is -2.42. The van der Waals surface area contributed by atoms with Crippen LogP contribution >= 0.6 is 0 Å². The summed E-state index contributed by atoms with van der Waals surface area (Å²) in [4.78, 5) is 17.4. The number of allylic oxidation sites excluding steroid dienone is 1. The van der Waals surface area contributed by atoms with E-state index in [1.165, 1.54) is 18.6 Å². The van der Waals surface area contributed by atoms with Crippen LogP contribution in [0.5, 0.6) is 0 Å². The van der Waals surface area contributed by atoms with Gasteiger partial charge in [-0.05, 0) is 55.5 Å². The molecule has 206 valence electrons. The third-order valence-electron chi connectivity index (χ3n) is 7.87. The zero-order chi connectivity index (χ0) is 27.2. The zero-order valence-electron chi connectivity index (χ0n) is 21.8. The molecule has 1 aliphatic heterocycles. The van der Waals surface area contributed by atoms with Crippen LogP contribution in [0.1, 0.15) is 68.1 Å². The number of hydrogen-bond acceptors (Lipinski definition) is 7. The van der Waals surface area contributed by atoms with Gasteiger partial charge in [-0.25, -0.2) is 9.18 Å². The fourth-order valence-corrected chi connectivity index (χ4v) is 5.79. The van der Waals surface area contributed by atoms with Crippen molar-refractivity contribution in [3.8, 4) is 11.4 Å². The Morgan fingerprint density at radius 2 is 1.87 bits per heavy atom. The molecule has 2 atom stereocenters. The van der Waals surface area contributed by atoms with E-state index in [0.717, 1.165) is 55.3 Å². The molecule has 2 N–H and O–H groups in total. The van der Waals surface area contributed by atoms with E-state index < -0.39 is 12.3 Å². The van der Waals surface area contributed by atoms with Crippen LogP contribution in [0.4, 0.5) is 9.18 Å². The number of aliphatic hydroxyl groups excluding tert-OH is 1. The van der Waals surface area contributed by atoms with Gasteiger partial charge in [0.15, 0.2) is 0 Å². The number of rotatable bonds is 8. The maximum atomic E-state index is 13.5. The third kappa shape index (κ3) is 6.72. The zero-order valence-corrected chi connectivity index (χ0v) is 21.8. The molecule has 8 nitrogen and oxygen atoms in total. The van der Waals surface area contributed by atoms with Crippen molar-refractivity contribution < 1.29 is 28.7 Å². The number of piperidine rings is 1. The lowest BCUT2D eigenvalue weighted by molar-refractivity contribution is 0.00215. The van der Waals surface area contributed by atoms with Crippen molar-refractivity contribution in [3.05, 3.63) is 77.4 Å². The topological polar surface area (TPSA) is 109 Å². The number of aromatic nitrogens is 2. The normalized spacial score (nSPS) is 20.6. The highest BCUT2D eigenvalue weighted by Gasteiger charge is 2.31. The standard InChI is InChI=1S/C30H34FN3O5/c31-24-12-10-23(11-13-24)30(15-2-1-3-16-30)17-14-27-32-28(33-39-27)22-8-6-21(7-9-22)26(35)20-34-18-4-5-25(19-34)38-29(36)37/h6-14,17,25-26,35H,1-5,15-16,18-20H2,(H,36,37)/b17-14+/t25-,26?/m0/s1. The Morgan fingerprint density at radius 1 is 1.13 bits per heavy atom. The van der Waals surface area contributed by atoms with E-state index in [2.05, 4.69) is 16.2 Å². The molecule has 1 aromatic heterocycles. The van der Waals surface area contributed by atoms with Gasteiger partial charge in [0.05, 0.1) is 6.10 Å². The van der Waals surface area contributed by atoms with Gasteiger partial charge < -0.3 is 19.5 Å². The number of aliphatic hydroxyl groups is 1. The van der Waals surface area contributed by atoms with E-state index in [1.54, 1.807) is 0 Å². The molecular weight excluding hydrogens is 501 g/mol. The molecule has 9 heteroatoms. The number of benzene rings is 2. The first-order valence-electron chi connectivity index (χ1n) is 13.6. The average molecular weight is 536 g/mol. The molecule has 2 aliphatic rings. The minimum atomic E-state index is -1.26. The van der Waals surface area contributed by atoms with Crippen LogP contribution in [0.2, 0.25) is 0 Å². The van der Waals surface area contributed by atoms with Crippen LogP contribution in [0.15, 0.2) is 59.1 Å². The molecule has 5 rings (SSSR count). The number of likely N-dealkylation sites (tertiary alicyclic amines) is 1. The van der Waals surface area contributed by atoms with Gasteiger partial charge in [0.2, 0.25) is 5.82 Å². The maximum absolute atomic E-state index is 13.5. The van der Waals surface area contributed by atoms with Gasteiger partial charge in [-0.15, -0.1) is 0 Å². The molecule has 0 spiro atoms. The molecule has 1 unspecified atom stereocenters. The van der Waals surface area contributed by atoms with E-state index in [4.69, 9.17) is 14.4 Å². The Morgan fingerprint density at radius 3 is 2.59 bits per heavy atom. The summed E-state index contributed by atoms with van der Waals surface area (Å²) in [7, 11) is 0. The summed E-state index contributed by atoms with van der Waals surface area (Å²) in [6.07, 6.45) is 8.57. The van der Waals surface area contributed by atoms with Gasteiger partial charge in [0, 0.05) is 30.1 Å². The fourth-order valence-electron chi connectivity index (χ4n) is 5.79. The Balaban J connectivity index is 1.23. The summed E-state index contributed by atoms with van der Waals surface area (Å²) in [6, 6.07) is 14.2. The molecule has 0 amide bonds. The maximum Gasteiger partial charge on any atom is 0.506 e. The molecule has 2 fully saturated rings. The Labute approximate surface area is 227 Å². The number of hydrogen-bond donors (Lipinski definition) is 2. The SMILES string of the molecule is O=C(O)O[C@H]1CCCN(CC(O)c2ccc(-c3noc(/C=C/C4(c5ccc(F)cc5)CCCCC4)n3)cc2)C1. The molecule has 1 saturated heterocycles. The first-order chi connectivity index (χ1) is 18.9. The molecule has 0 bridgehead atoms. The first-order valence-corrected chi connectivity index (χ1v) is 13.6. The van der Waals surface area contributed by atoms with Crippen molar-refractivity contribution in [3.63, 3.8) is 0 Å². The summed E-state index contributed by atoms with van der Waals surface area (Å²) in [5, 5.41) is 23.8. The number of carboxylic acid groups (broad SMARTS) is 1. The van der Waals surface area contributed by atoms with Gasteiger partial charge in [0.25, 0.3) is 5.89 Å². The Kier molecular flexibility index (Phi) is 8.38. The predicted octanol–water partition coefficient (Wildman–Crippen LogP) is 5.98. The largest absolute Gasteiger partial charge is 0.506 e. The molecule has 39 heavy (non-hydrogen) atoms. The van der Waals surface area contributed by atoms with Crippen molar-refractivity contribution in [1.82, 2.24) is 15.0 Å². The van der Waals surface area contributed by atoms with Crippen molar-refractivity contribution >= 4 is 12.2 Å². The van der Waals surface area contributed by atoms with Gasteiger partial charge >= 0.3 is 6.16 Å². The van der Waals surface area contributed by atoms with Crippen molar-refractivity contribution in [2.75, 3.05) is 19.6 Å². The Bertz CT molecular complexity index is 1270. The molecule has 0 radical (unpaired) electrons. The van der Waals surface area contributed by atoms with Gasteiger partial charge in [-0.2, -0.15) is 4.98 Å². The fraction of sp³-hybridized carbons (Fsp3) is 0.433. The summed E-state index contributed by atoms with van der Waals surface area (Å²) in [5.41, 5.74) is 2.45. The molecule has 2 aromatic carbocycles. The number of ether oxygens (including phenoxy) is 1. The molecular formula is C30H34FN3O5. The summed E-state index contributed by atoms with van der Waals surface area (Å²) in [6.45, 7) is 1.66. The quantitative estimate of drug-likeness (QED) is 0.339. The van der Waals surface area contributed by atoms with Gasteiger partial charge in [-0.3, -0.25) is 4.90 Å². The van der Waals surface area contributed by atoms with Gasteiger partial charge in [-0.1, -0.05) is 66.9 Å². The molecule has 3 aromatic rings. The smallest absolute Gasteiger partial charge is 0.450 e. The highest BCUT2D eigenvalue weighted by Crippen LogP contribution is 2.41. The van der Waals surface area contributed by atoms with E-state index in [9.17, 15) is 14.3 Å². The number of β-amino-alcohol motifs (C(OH)–C–C–N with tert-alkyl or cyclic N) is 1. The van der Waals surface area contributed by atoms with Crippen LogP contribution in [-0.2, 0) is 10.2 Å².